The summed E-state index contributed by atoms with van der Waals surface area (Å²) in [6.45, 7) is -0.107. The topological polar surface area (TPSA) is 106 Å². The average Bonchev–Trinajstić information content (AvgIpc) is 2.83. The van der Waals surface area contributed by atoms with Gasteiger partial charge < -0.3 is 10.6 Å². The van der Waals surface area contributed by atoms with Gasteiger partial charge in [-0.15, -0.1) is 0 Å². The normalized spacial score (nSPS) is 14.9. The lowest BCUT2D eigenvalue weighted by molar-refractivity contribution is -0.137. The van der Waals surface area contributed by atoms with Gasteiger partial charge in [0.05, 0.1) is 30.5 Å². The molecule has 0 heterocycles. The highest BCUT2D eigenvalue weighted by molar-refractivity contribution is 5.99. The molecule has 1 saturated carbocycles. The van der Waals surface area contributed by atoms with E-state index in [1.807, 2.05) is 12.1 Å². The van der Waals surface area contributed by atoms with Gasteiger partial charge in [0.1, 0.15) is 5.54 Å². The first-order valence-corrected chi connectivity index (χ1v) is 11.3. The summed E-state index contributed by atoms with van der Waals surface area (Å²) < 4.78 is 39.0. The van der Waals surface area contributed by atoms with E-state index in [-0.39, 0.29) is 24.9 Å². The molecule has 2 aromatic rings. The summed E-state index contributed by atoms with van der Waals surface area (Å²) in [5.74, 6) is -0.950. The highest BCUT2D eigenvalue weighted by Crippen LogP contribution is 2.31. The number of carbonyl (C=O) groups excluding carboxylic acids is 2. The van der Waals surface area contributed by atoms with Crippen molar-refractivity contribution in [3.05, 3.63) is 70.3 Å². The maximum absolute atomic E-state index is 13.2. The fourth-order valence-corrected chi connectivity index (χ4v) is 4.34. The maximum atomic E-state index is 13.2. The first kappa shape index (κ1) is 25.8. The number of carbonyl (C=O) groups is 2. The molecule has 1 fully saturated rings. The Morgan fingerprint density at radius 2 is 1.54 bits per heavy atom. The Bertz CT molecular complexity index is 1140. The minimum absolute atomic E-state index is 0.0716. The van der Waals surface area contributed by atoms with Crippen LogP contribution in [0.1, 0.15) is 64.7 Å². The molecule has 2 N–H and O–H groups in total. The smallest absolute Gasteiger partial charge is 0.350 e. The van der Waals surface area contributed by atoms with Gasteiger partial charge in [0.2, 0.25) is 5.91 Å². The van der Waals surface area contributed by atoms with Crippen LogP contribution in [0.15, 0.2) is 42.5 Å². The molecular formula is C26H25F3N4O2. The Labute approximate surface area is 201 Å². The van der Waals surface area contributed by atoms with Gasteiger partial charge in [0.25, 0.3) is 5.91 Å². The van der Waals surface area contributed by atoms with E-state index in [1.54, 1.807) is 18.2 Å². The number of nitriles is 2. The van der Waals surface area contributed by atoms with Crippen molar-refractivity contribution in [2.24, 2.45) is 0 Å². The quantitative estimate of drug-likeness (QED) is 0.602. The van der Waals surface area contributed by atoms with Crippen LogP contribution in [0, 0.1) is 22.7 Å². The van der Waals surface area contributed by atoms with Crippen molar-refractivity contribution in [3.8, 4) is 12.1 Å². The fraction of sp³-hybridized carbons (Fsp3) is 0.385. The molecule has 0 atom stereocenters. The van der Waals surface area contributed by atoms with E-state index in [4.69, 9.17) is 10.5 Å². The Morgan fingerprint density at radius 3 is 2.11 bits per heavy atom. The monoisotopic (exact) mass is 482 g/mol. The summed E-state index contributed by atoms with van der Waals surface area (Å²) in [5, 5.41) is 23.6. The molecule has 0 bridgehead atoms. The lowest BCUT2D eigenvalue weighted by Gasteiger charge is -2.36. The lowest BCUT2D eigenvalue weighted by Crippen LogP contribution is -2.59. The van der Waals surface area contributed by atoms with Gasteiger partial charge in [-0.1, -0.05) is 37.5 Å². The van der Waals surface area contributed by atoms with Crippen LogP contribution in [0.25, 0.3) is 0 Å². The molecule has 9 heteroatoms. The van der Waals surface area contributed by atoms with Crippen LogP contribution >= 0.6 is 0 Å². The van der Waals surface area contributed by atoms with Crippen LogP contribution in [0.4, 0.5) is 13.2 Å². The zero-order valence-corrected chi connectivity index (χ0v) is 19.0. The summed E-state index contributed by atoms with van der Waals surface area (Å²) >= 11 is 0. The van der Waals surface area contributed by atoms with Crippen LogP contribution in [0.5, 0.6) is 0 Å². The molecule has 2 aromatic carbocycles. The first-order valence-electron chi connectivity index (χ1n) is 11.3. The maximum Gasteiger partial charge on any atom is 0.416 e. The summed E-state index contributed by atoms with van der Waals surface area (Å²) in [6.07, 6.45) is -1.21. The van der Waals surface area contributed by atoms with Gasteiger partial charge in [-0.25, -0.2) is 0 Å². The summed E-state index contributed by atoms with van der Waals surface area (Å²) in [5.41, 5.74) is -0.253. The highest BCUT2D eigenvalue weighted by atomic mass is 19.4. The van der Waals surface area contributed by atoms with Crippen LogP contribution in [-0.4, -0.2) is 17.4 Å². The number of benzene rings is 2. The van der Waals surface area contributed by atoms with Crippen molar-refractivity contribution >= 4 is 11.8 Å². The molecular weight excluding hydrogens is 457 g/mol. The molecule has 2 amide bonds. The molecule has 0 aromatic heterocycles. The van der Waals surface area contributed by atoms with E-state index in [1.165, 1.54) is 12.1 Å². The summed E-state index contributed by atoms with van der Waals surface area (Å²) in [7, 11) is 0. The zero-order chi connectivity index (χ0) is 25.5. The summed E-state index contributed by atoms with van der Waals surface area (Å²) in [6, 6.07) is 13.6. The molecule has 3 rings (SSSR count). The molecule has 0 aliphatic heterocycles. The van der Waals surface area contributed by atoms with Gasteiger partial charge in [-0.2, -0.15) is 23.7 Å². The van der Waals surface area contributed by atoms with Crippen molar-refractivity contribution in [1.82, 2.24) is 10.6 Å². The van der Waals surface area contributed by atoms with Crippen molar-refractivity contribution in [1.29, 1.82) is 10.5 Å². The lowest BCUT2D eigenvalue weighted by atomic mass is 9.80. The van der Waals surface area contributed by atoms with Crippen molar-refractivity contribution in [2.75, 3.05) is 0 Å². The molecule has 0 spiro atoms. The van der Waals surface area contributed by atoms with E-state index in [2.05, 4.69) is 10.6 Å². The Balaban J connectivity index is 1.80. The Kier molecular flexibility index (Phi) is 8.14. The van der Waals surface area contributed by atoms with Gasteiger partial charge in [0.15, 0.2) is 0 Å². The number of rotatable bonds is 7. The number of halogens is 3. The predicted octanol–water partition coefficient (Wildman–Crippen LogP) is 4.59. The third-order valence-corrected chi connectivity index (χ3v) is 6.08. The van der Waals surface area contributed by atoms with Gasteiger partial charge >= 0.3 is 6.18 Å². The van der Waals surface area contributed by atoms with Crippen LogP contribution in [0.2, 0.25) is 0 Å². The van der Waals surface area contributed by atoms with Crippen LogP contribution in [0.3, 0.4) is 0 Å². The van der Waals surface area contributed by atoms with Gasteiger partial charge in [0, 0.05) is 12.1 Å². The second-order valence-electron chi connectivity index (χ2n) is 8.69. The minimum atomic E-state index is -4.48. The number of alkyl halides is 3. The highest BCUT2D eigenvalue weighted by Gasteiger charge is 2.41. The van der Waals surface area contributed by atoms with Gasteiger partial charge in [-0.3, -0.25) is 9.59 Å². The van der Waals surface area contributed by atoms with E-state index >= 15 is 0 Å². The van der Waals surface area contributed by atoms with Crippen LogP contribution < -0.4 is 10.6 Å². The molecule has 0 radical (unpaired) electrons. The number of nitrogens with zero attached hydrogens (tertiary/aromatic N) is 2. The third-order valence-electron chi connectivity index (χ3n) is 6.08. The van der Waals surface area contributed by atoms with Crippen LogP contribution in [-0.2, 0) is 30.4 Å². The molecule has 182 valence electrons. The zero-order valence-electron chi connectivity index (χ0n) is 19.0. The van der Waals surface area contributed by atoms with E-state index in [9.17, 15) is 22.8 Å². The average molecular weight is 483 g/mol. The Morgan fingerprint density at radius 1 is 0.914 bits per heavy atom. The number of hydrogen-bond donors (Lipinski definition) is 2. The Hall–Kier alpha value is -3.85. The van der Waals surface area contributed by atoms with Gasteiger partial charge in [-0.05, 0) is 53.8 Å². The number of hydrogen-bond acceptors (Lipinski definition) is 4. The largest absolute Gasteiger partial charge is 0.416 e. The predicted molar refractivity (Wildman–Crippen MR) is 122 cm³/mol. The molecule has 6 nitrogen and oxygen atoms in total. The van der Waals surface area contributed by atoms with Crippen molar-refractivity contribution in [3.63, 3.8) is 0 Å². The third kappa shape index (κ3) is 6.60. The molecule has 0 unspecified atom stereocenters. The van der Waals surface area contributed by atoms with Crippen molar-refractivity contribution < 1.29 is 22.8 Å². The second-order valence-corrected chi connectivity index (χ2v) is 8.69. The standard InChI is InChI=1S/C26H25F3N4O2/c27-26(28,29)22-6-4-5-20(16-22)17-32-24(35)25(9-2-1-3-10-25)33-23(34)21-14-18(7-11-30)13-19(15-21)8-12-31/h4-6,13-16H,1-3,7-10,17H2,(H,32,35)(H,33,34). The number of amides is 2. The summed E-state index contributed by atoms with van der Waals surface area (Å²) in [4.78, 5) is 26.4. The second kappa shape index (κ2) is 11.1. The van der Waals surface area contributed by atoms with Crippen molar-refractivity contribution in [2.45, 2.75) is 63.2 Å². The molecule has 0 saturated heterocycles. The first-order chi connectivity index (χ1) is 16.7. The SMILES string of the molecule is N#CCc1cc(CC#N)cc(C(=O)NC2(C(=O)NCc3cccc(C(F)(F)F)c3)CCCCC2)c1. The molecule has 35 heavy (non-hydrogen) atoms. The number of nitrogens with one attached hydrogen (secondary N) is 2. The van der Waals surface area contributed by atoms with E-state index < -0.39 is 29.1 Å². The molecule has 1 aliphatic carbocycles. The van der Waals surface area contributed by atoms with E-state index in [0.29, 0.717) is 42.4 Å². The minimum Gasteiger partial charge on any atom is -0.350 e. The molecule has 1 aliphatic rings. The fourth-order valence-electron chi connectivity index (χ4n) is 4.34. The van der Waals surface area contributed by atoms with E-state index in [0.717, 1.165) is 18.6 Å².